The van der Waals surface area contributed by atoms with Crippen LogP contribution in [0.15, 0.2) is 78.5 Å². The Kier molecular flexibility index (Phi) is 13.1. The SMILES string of the molecule is CCCN(C)c1cc2cc3cc(C=O)sc3cc2s1.CNc1cc2cc3cc(C=O)sc3cc2s1.[C-]#[N+]/C(=C\c1cc2cc3cc(N(C)CCC)sc3cc2s1)C(=O)O. The van der Waals surface area contributed by atoms with Crippen molar-refractivity contribution < 1.29 is 19.5 Å². The predicted molar refractivity (Wildman–Crippen MR) is 261 cm³/mol. The van der Waals surface area contributed by atoms with E-state index in [4.69, 9.17) is 11.7 Å². The molecule has 0 fully saturated rings. The molecule has 6 aromatic heterocycles. The molecule has 0 saturated carbocycles. The molecule has 0 bridgehead atoms. The van der Waals surface area contributed by atoms with Crippen molar-refractivity contribution in [2.75, 3.05) is 49.3 Å². The van der Waals surface area contributed by atoms with Gasteiger partial charge in [-0.1, -0.05) is 13.8 Å². The van der Waals surface area contributed by atoms with Gasteiger partial charge < -0.3 is 20.2 Å². The van der Waals surface area contributed by atoms with E-state index in [9.17, 15) is 14.4 Å². The number of nitrogens with one attached hydrogen (secondary N) is 1. The molecule has 8 nitrogen and oxygen atoms in total. The first-order valence-corrected chi connectivity index (χ1v) is 23.7. The van der Waals surface area contributed by atoms with Crippen LogP contribution in [0.25, 0.3) is 71.4 Å². The van der Waals surface area contributed by atoms with Crippen LogP contribution < -0.4 is 15.1 Å². The van der Waals surface area contributed by atoms with Gasteiger partial charge in [0.1, 0.15) is 0 Å². The molecule has 0 aliphatic heterocycles. The lowest BCUT2D eigenvalue weighted by Gasteiger charge is -2.14. The average molecular weight is 893 g/mol. The van der Waals surface area contributed by atoms with Crippen molar-refractivity contribution in [3.63, 3.8) is 0 Å². The predicted octanol–water partition coefficient (Wildman–Crippen LogP) is 14.1. The van der Waals surface area contributed by atoms with Crippen LogP contribution in [0, 0.1) is 6.57 Å². The van der Waals surface area contributed by atoms with Gasteiger partial charge in [-0.3, -0.25) is 14.4 Å². The molecular weight excluding hydrogens is 853 g/mol. The Labute approximate surface area is 365 Å². The second-order valence-corrected chi connectivity index (χ2v) is 20.3. The van der Waals surface area contributed by atoms with Crippen LogP contribution in [-0.4, -0.2) is 57.9 Å². The topological polar surface area (TPSA) is 94.3 Å². The fourth-order valence-electron chi connectivity index (χ4n) is 6.62. The number of hydrogen-bond donors (Lipinski definition) is 2. The quantitative estimate of drug-likeness (QED) is 0.0759. The summed E-state index contributed by atoms with van der Waals surface area (Å²) in [7, 11) is 6.18. The number of carboxylic acids is 1. The zero-order valence-electron chi connectivity index (χ0n) is 33.0. The number of carbonyl (C=O) groups is 3. The molecule has 300 valence electrons. The summed E-state index contributed by atoms with van der Waals surface area (Å²) in [5.41, 5.74) is -0.258. The average Bonchev–Trinajstić information content (AvgIpc) is 4.08. The van der Waals surface area contributed by atoms with Crippen LogP contribution >= 0.6 is 68.0 Å². The first-order valence-electron chi connectivity index (χ1n) is 18.8. The van der Waals surface area contributed by atoms with E-state index in [0.29, 0.717) is 0 Å². The van der Waals surface area contributed by atoms with Crippen LogP contribution in [0.1, 0.15) is 50.9 Å². The molecule has 2 N–H and O–H groups in total. The lowest BCUT2D eigenvalue weighted by atomic mass is 10.2. The van der Waals surface area contributed by atoms with Gasteiger partial charge in [0.05, 0.1) is 31.3 Å². The van der Waals surface area contributed by atoms with Gasteiger partial charge >= 0.3 is 5.97 Å². The van der Waals surface area contributed by atoms with E-state index < -0.39 is 5.97 Å². The highest BCUT2D eigenvalue weighted by atomic mass is 32.1. The molecule has 9 aromatic rings. The summed E-state index contributed by atoms with van der Waals surface area (Å²) >= 11 is 9.95. The molecule has 59 heavy (non-hydrogen) atoms. The van der Waals surface area contributed by atoms with Gasteiger partial charge in [0, 0.05) is 67.3 Å². The van der Waals surface area contributed by atoms with Crippen molar-refractivity contribution in [2.24, 2.45) is 0 Å². The number of thiophene rings is 6. The Bertz CT molecular complexity index is 2910. The third-order valence-electron chi connectivity index (χ3n) is 9.46. The van der Waals surface area contributed by atoms with Gasteiger partial charge in [-0.15, -0.1) is 68.0 Å². The maximum Gasteiger partial charge on any atom is 0.333 e. The second kappa shape index (κ2) is 18.4. The first kappa shape index (κ1) is 42.0. The highest BCUT2D eigenvalue weighted by molar-refractivity contribution is 7.25. The normalized spacial score (nSPS) is 11.4. The van der Waals surface area contributed by atoms with E-state index in [0.717, 1.165) is 68.6 Å². The smallest absolute Gasteiger partial charge is 0.333 e. The molecule has 14 heteroatoms. The molecule has 0 saturated heterocycles. The van der Waals surface area contributed by atoms with E-state index in [1.54, 1.807) is 45.3 Å². The highest BCUT2D eigenvalue weighted by Crippen LogP contribution is 2.40. The van der Waals surface area contributed by atoms with Crippen LogP contribution in [0.5, 0.6) is 0 Å². The van der Waals surface area contributed by atoms with Gasteiger partial charge in [-0.05, 0) is 124 Å². The number of hydrogen-bond acceptors (Lipinski definition) is 12. The minimum atomic E-state index is -1.19. The molecular formula is C45H40N4O4S6. The molecule has 0 unspecified atom stereocenters. The molecule has 6 heterocycles. The lowest BCUT2D eigenvalue weighted by Crippen LogP contribution is -2.15. The van der Waals surface area contributed by atoms with E-state index in [1.807, 2.05) is 36.6 Å². The number of carbonyl (C=O) groups excluding carboxylic acids is 2. The van der Waals surface area contributed by atoms with Crippen molar-refractivity contribution in [1.82, 2.24) is 0 Å². The first-order chi connectivity index (χ1) is 28.5. The summed E-state index contributed by atoms with van der Waals surface area (Å²) < 4.78 is 7.26. The van der Waals surface area contributed by atoms with Gasteiger partial charge in [0.15, 0.2) is 12.6 Å². The summed E-state index contributed by atoms with van der Waals surface area (Å²) in [6.45, 7) is 13.4. The van der Waals surface area contributed by atoms with Crippen LogP contribution in [0.2, 0.25) is 0 Å². The van der Waals surface area contributed by atoms with Crippen molar-refractivity contribution in [3.05, 3.63) is 105 Å². The van der Waals surface area contributed by atoms with E-state index in [1.165, 1.54) is 77.5 Å². The molecule has 3 aromatic carbocycles. The van der Waals surface area contributed by atoms with Crippen LogP contribution in [0.4, 0.5) is 15.0 Å². The summed E-state index contributed by atoms with van der Waals surface area (Å²) in [6, 6.07) is 25.4. The number of benzene rings is 3. The van der Waals surface area contributed by atoms with Gasteiger partial charge in [0.2, 0.25) is 0 Å². The Morgan fingerprint density at radius 1 is 0.610 bits per heavy atom. The van der Waals surface area contributed by atoms with Gasteiger partial charge in [-0.25, -0.2) is 4.85 Å². The number of rotatable bonds is 11. The highest BCUT2D eigenvalue weighted by Gasteiger charge is 2.13. The van der Waals surface area contributed by atoms with Crippen molar-refractivity contribution in [1.29, 1.82) is 0 Å². The zero-order chi connectivity index (χ0) is 41.8. The number of anilines is 3. The molecule has 0 aliphatic carbocycles. The van der Waals surface area contributed by atoms with Crippen molar-refractivity contribution >= 4 is 168 Å². The van der Waals surface area contributed by atoms with E-state index >= 15 is 0 Å². The maximum absolute atomic E-state index is 11.0. The monoisotopic (exact) mass is 892 g/mol. The molecule has 0 aliphatic rings. The van der Waals surface area contributed by atoms with E-state index in [2.05, 4.69) is 103 Å². The van der Waals surface area contributed by atoms with E-state index in [-0.39, 0.29) is 5.70 Å². The molecule has 0 radical (unpaired) electrons. The Balaban J connectivity index is 0.000000137. The Morgan fingerprint density at radius 2 is 1.00 bits per heavy atom. The maximum atomic E-state index is 11.0. The molecule has 9 rings (SSSR count). The largest absolute Gasteiger partial charge is 0.486 e. The number of aldehydes is 2. The summed E-state index contributed by atoms with van der Waals surface area (Å²) in [5.74, 6) is -1.19. The number of carboxylic acid groups (broad SMARTS) is 1. The summed E-state index contributed by atoms with van der Waals surface area (Å²) in [5, 5.41) is 23.0. The minimum absolute atomic E-state index is 0.258. The second-order valence-electron chi connectivity index (χ2n) is 13.8. The lowest BCUT2D eigenvalue weighted by molar-refractivity contribution is -0.132. The molecule has 0 amide bonds. The fourth-order valence-corrected chi connectivity index (χ4v) is 12.7. The van der Waals surface area contributed by atoms with Crippen LogP contribution in [0.3, 0.4) is 0 Å². The summed E-state index contributed by atoms with van der Waals surface area (Å²) in [4.78, 5) is 42.5. The van der Waals surface area contributed by atoms with Gasteiger partial charge in [0.25, 0.3) is 5.70 Å². The Morgan fingerprint density at radius 3 is 1.41 bits per heavy atom. The number of nitrogens with zero attached hydrogens (tertiary/aromatic N) is 3. The molecule has 0 spiro atoms. The standard InChI is InChI=1S/C18H16N2O2S2.C15H15NOS2.C12H9NOS2/c1-4-5-20(3)17-8-12-6-11-7-13(9-14(19-2)18(21)22)23-15(11)10-16(12)24-17;1-3-4-16(2)15-7-11-5-10-6-12(9-17)18-13(10)8-14(11)19-15;1-13-12-4-8-2-7-3-9(6-14)15-10(7)5-11(8)16-12/h6-10H,4-5H2,1,3H3,(H,21,22);5-9H,3-4H2,1-2H3;2-6,13H,1H3/b14-9-;;. The zero-order valence-corrected chi connectivity index (χ0v) is 37.9. The number of fused-ring (bicyclic) bond motifs is 6. The Hall–Kier alpha value is -5.14. The fraction of sp³-hybridized carbons (Fsp3) is 0.200. The molecule has 0 atom stereocenters. The van der Waals surface area contributed by atoms with Crippen molar-refractivity contribution in [3.8, 4) is 0 Å². The van der Waals surface area contributed by atoms with Gasteiger partial charge in [-0.2, -0.15) is 0 Å². The third-order valence-corrected chi connectivity index (χ3v) is 16.1. The number of aliphatic carboxylic acids is 1. The minimum Gasteiger partial charge on any atom is -0.486 e. The summed E-state index contributed by atoms with van der Waals surface area (Å²) in [6.07, 6.45) is 5.55. The van der Waals surface area contributed by atoms with Crippen molar-refractivity contribution in [2.45, 2.75) is 26.7 Å². The third kappa shape index (κ3) is 9.36. The van der Waals surface area contributed by atoms with Crippen LogP contribution in [-0.2, 0) is 4.79 Å².